The first kappa shape index (κ1) is 29.5. The van der Waals surface area contributed by atoms with Crippen molar-refractivity contribution < 1.29 is 0 Å². The van der Waals surface area contributed by atoms with Gasteiger partial charge < -0.3 is 9.47 Å². The second kappa shape index (κ2) is 11.7. The molecule has 0 amide bonds. The maximum atomic E-state index is 2.41. The van der Waals surface area contributed by atoms with Gasteiger partial charge in [-0.1, -0.05) is 109 Å². The fourth-order valence-corrected chi connectivity index (χ4v) is 10.2. The van der Waals surface area contributed by atoms with Crippen LogP contribution in [-0.2, 0) is 0 Å². The Morgan fingerprint density at radius 2 is 0.731 bits per heavy atom. The lowest BCUT2D eigenvalue weighted by Gasteiger charge is -2.26. The molecule has 11 rings (SSSR count). The predicted octanol–water partition coefficient (Wildman–Crippen LogP) is 14.7. The van der Waals surface area contributed by atoms with E-state index in [1.54, 1.807) is 0 Å². The molecule has 244 valence electrons. The van der Waals surface area contributed by atoms with E-state index in [9.17, 15) is 0 Å². The van der Waals surface area contributed by atoms with E-state index in [1.165, 1.54) is 73.3 Å². The summed E-state index contributed by atoms with van der Waals surface area (Å²) in [5.41, 5.74) is 9.44. The number of rotatable bonds is 5. The number of nitrogens with zero attached hydrogens (tertiary/aromatic N) is 2. The smallest absolute Gasteiger partial charge is 0.0541 e. The maximum absolute atomic E-state index is 2.41. The number of hydrogen-bond donors (Lipinski definition) is 0. The minimum absolute atomic E-state index is 1.13. The van der Waals surface area contributed by atoms with Gasteiger partial charge >= 0.3 is 0 Å². The van der Waals surface area contributed by atoms with Gasteiger partial charge in [-0.2, -0.15) is 0 Å². The van der Waals surface area contributed by atoms with Crippen LogP contribution in [0.3, 0.4) is 0 Å². The molecule has 0 radical (unpaired) electrons. The molecule has 0 bridgehead atoms. The fraction of sp³-hybridized carbons (Fsp3) is 0. The third kappa shape index (κ3) is 4.62. The van der Waals surface area contributed by atoms with E-state index in [1.807, 2.05) is 22.7 Å². The minimum atomic E-state index is 1.13. The van der Waals surface area contributed by atoms with Gasteiger partial charge in [0, 0.05) is 73.9 Å². The van der Waals surface area contributed by atoms with Crippen LogP contribution in [0.5, 0.6) is 0 Å². The standard InChI is InChI=1S/C48H30N2S2/c1-5-13-43-37(9-1)38-10-2-6-14-44(38)50(43)34-23-19-32(20-24-34)31-17-21-33(22-18-31)49(35-25-27-41-39-11-3-7-15-45(39)51-47(41)29-35)36-26-28-42-40-12-4-8-16-46(40)52-48(42)30-36/h1-30H. The number of fused-ring (bicyclic) bond motifs is 9. The van der Waals surface area contributed by atoms with Gasteiger partial charge in [0.1, 0.15) is 0 Å². The van der Waals surface area contributed by atoms with Gasteiger partial charge in [0.05, 0.1) is 11.0 Å². The van der Waals surface area contributed by atoms with Crippen molar-refractivity contribution in [1.29, 1.82) is 0 Å². The summed E-state index contributed by atoms with van der Waals surface area (Å²) >= 11 is 3.73. The number of para-hydroxylation sites is 2. The summed E-state index contributed by atoms with van der Waals surface area (Å²) in [7, 11) is 0. The average Bonchev–Trinajstić information content (AvgIpc) is 3.87. The number of hydrogen-bond acceptors (Lipinski definition) is 3. The summed E-state index contributed by atoms with van der Waals surface area (Å²) in [6.45, 7) is 0. The SMILES string of the molecule is c1ccc2c(c1)sc1cc(N(c3ccc(-c4ccc(-n5c6ccccc6c6ccccc65)cc4)cc3)c3ccc4c(c3)sc3ccccc34)ccc12. The van der Waals surface area contributed by atoms with Gasteiger partial charge in [0.15, 0.2) is 0 Å². The van der Waals surface area contributed by atoms with E-state index in [-0.39, 0.29) is 0 Å². The topological polar surface area (TPSA) is 8.17 Å². The van der Waals surface area contributed by atoms with E-state index in [0.717, 1.165) is 22.7 Å². The Kier molecular flexibility index (Phi) is 6.63. The van der Waals surface area contributed by atoms with Crippen LogP contribution in [0.2, 0.25) is 0 Å². The zero-order valence-electron chi connectivity index (χ0n) is 28.0. The van der Waals surface area contributed by atoms with Crippen LogP contribution in [0.4, 0.5) is 17.1 Å². The van der Waals surface area contributed by atoms with Crippen LogP contribution >= 0.6 is 22.7 Å². The minimum Gasteiger partial charge on any atom is -0.310 e. The van der Waals surface area contributed by atoms with Crippen molar-refractivity contribution in [2.75, 3.05) is 4.90 Å². The largest absolute Gasteiger partial charge is 0.310 e. The van der Waals surface area contributed by atoms with E-state index >= 15 is 0 Å². The van der Waals surface area contributed by atoms with Crippen molar-refractivity contribution in [2.45, 2.75) is 0 Å². The summed E-state index contributed by atoms with van der Waals surface area (Å²) < 4.78 is 7.61. The molecular formula is C48H30N2S2. The Morgan fingerprint density at radius 1 is 0.327 bits per heavy atom. The molecule has 0 saturated carbocycles. The monoisotopic (exact) mass is 698 g/mol. The molecule has 0 aliphatic heterocycles. The summed E-state index contributed by atoms with van der Waals surface area (Å²) in [6.07, 6.45) is 0. The number of anilines is 3. The highest BCUT2D eigenvalue weighted by Gasteiger charge is 2.17. The highest BCUT2D eigenvalue weighted by molar-refractivity contribution is 7.26. The molecule has 4 heteroatoms. The molecule has 11 aromatic rings. The Morgan fingerprint density at radius 3 is 1.25 bits per heavy atom. The van der Waals surface area contributed by atoms with Crippen molar-refractivity contribution in [2.24, 2.45) is 0 Å². The first-order valence-corrected chi connectivity index (χ1v) is 19.2. The molecule has 0 unspecified atom stereocenters. The van der Waals surface area contributed by atoms with Crippen molar-refractivity contribution in [1.82, 2.24) is 4.57 Å². The molecule has 2 nitrogen and oxygen atoms in total. The molecule has 52 heavy (non-hydrogen) atoms. The lowest BCUT2D eigenvalue weighted by Crippen LogP contribution is -2.09. The van der Waals surface area contributed by atoms with E-state index in [2.05, 4.69) is 191 Å². The summed E-state index contributed by atoms with van der Waals surface area (Å²) in [4.78, 5) is 2.41. The first-order valence-electron chi connectivity index (χ1n) is 17.6. The predicted molar refractivity (Wildman–Crippen MR) is 227 cm³/mol. The van der Waals surface area contributed by atoms with Gasteiger partial charge in [-0.05, 0) is 83.9 Å². The van der Waals surface area contributed by atoms with Gasteiger partial charge in [0.25, 0.3) is 0 Å². The number of thiophene rings is 2. The molecule has 0 spiro atoms. The summed E-state index contributed by atoms with van der Waals surface area (Å²) in [5.74, 6) is 0. The molecule has 0 aliphatic carbocycles. The summed E-state index contributed by atoms with van der Waals surface area (Å²) in [6, 6.07) is 66.7. The zero-order valence-corrected chi connectivity index (χ0v) is 29.7. The van der Waals surface area contributed by atoms with Crippen molar-refractivity contribution in [3.8, 4) is 16.8 Å². The molecular weight excluding hydrogens is 669 g/mol. The molecule has 0 aliphatic rings. The Labute approximate surface area is 308 Å². The van der Waals surface area contributed by atoms with Crippen molar-refractivity contribution >= 4 is 102 Å². The number of aromatic nitrogens is 1. The quantitative estimate of drug-likeness (QED) is 0.174. The maximum Gasteiger partial charge on any atom is 0.0541 e. The van der Waals surface area contributed by atoms with E-state index < -0.39 is 0 Å². The molecule has 8 aromatic carbocycles. The normalized spacial score (nSPS) is 11.8. The Bertz CT molecular complexity index is 2960. The highest BCUT2D eigenvalue weighted by atomic mass is 32.1. The lowest BCUT2D eigenvalue weighted by atomic mass is 10.0. The van der Waals surface area contributed by atoms with Crippen LogP contribution in [0.1, 0.15) is 0 Å². The second-order valence-electron chi connectivity index (χ2n) is 13.4. The summed E-state index contributed by atoms with van der Waals surface area (Å²) in [5, 5.41) is 7.82. The third-order valence-electron chi connectivity index (χ3n) is 10.4. The third-order valence-corrected chi connectivity index (χ3v) is 12.7. The van der Waals surface area contributed by atoms with E-state index in [4.69, 9.17) is 0 Å². The van der Waals surface area contributed by atoms with Crippen LogP contribution in [-0.4, -0.2) is 4.57 Å². The van der Waals surface area contributed by atoms with Crippen LogP contribution in [0, 0.1) is 0 Å². The Hall–Kier alpha value is -6.20. The first-order chi connectivity index (χ1) is 25.8. The fourth-order valence-electron chi connectivity index (χ4n) is 7.96. The highest BCUT2D eigenvalue weighted by Crippen LogP contribution is 2.43. The van der Waals surface area contributed by atoms with Gasteiger partial charge in [-0.25, -0.2) is 0 Å². The lowest BCUT2D eigenvalue weighted by molar-refractivity contribution is 1.18. The van der Waals surface area contributed by atoms with Crippen LogP contribution in [0.15, 0.2) is 182 Å². The van der Waals surface area contributed by atoms with Crippen molar-refractivity contribution in [3.63, 3.8) is 0 Å². The molecule has 0 fully saturated rings. The number of benzene rings is 8. The van der Waals surface area contributed by atoms with Gasteiger partial charge in [0.2, 0.25) is 0 Å². The van der Waals surface area contributed by atoms with E-state index in [0.29, 0.717) is 0 Å². The molecule has 0 atom stereocenters. The molecule has 0 saturated heterocycles. The zero-order chi connectivity index (χ0) is 34.2. The van der Waals surface area contributed by atoms with Crippen LogP contribution in [0.25, 0.3) is 79.0 Å². The second-order valence-corrected chi connectivity index (χ2v) is 15.5. The average molecular weight is 699 g/mol. The Balaban J connectivity index is 0.999. The molecule has 0 N–H and O–H groups in total. The molecule has 3 heterocycles. The van der Waals surface area contributed by atoms with Gasteiger partial charge in [-0.15, -0.1) is 22.7 Å². The van der Waals surface area contributed by atoms with Crippen molar-refractivity contribution in [3.05, 3.63) is 182 Å². The van der Waals surface area contributed by atoms with Crippen LogP contribution < -0.4 is 4.90 Å². The van der Waals surface area contributed by atoms with Gasteiger partial charge in [-0.3, -0.25) is 0 Å². The molecule has 3 aromatic heterocycles.